The van der Waals surface area contributed by atoms with Crippen molar-refractivity contribution in [3.8, 4) is 0 Å². The largest absolute Gasteiger partial charge is 0.378 e. The molecule has 0 saturated heterocycles. The standard InChI is InChI=1S/C18H30N4O8/c1-20(2)6-8-28-10-12-30-14-13-29-11-9-27-7-5-19-17-4-3-16(21(23)24)15-18(17)22(25)26/h3-4,15,19H,5-14H2,1-2H3. The summed E-state index contributed by atoms with van der Waals surface area (Å²) in [5.41, 5.74) is -0.481. The van der Waals surface area contributed by atoms with Crippen molar-refractivity contribution in [2.24, 2.45) is 0 Å². The number of nitro benzene ring substituents is 2. The van der Waals surface area contributed by atoms with Crippen molar-refractivity contribution in [1.82, 2.24) is 4.90 Å². The Balaban J connectivity index is 2.01. The third-order valence-corrected chi connectivity index (χ3v) is 3.75. The molecule has 0 saturated carbocycles. The molecule has 0 unspecified atom stereocenters. The Bertz CT molecular complexity index is 645. The van der Waals surface area contributed by atoms with Crippen molar-refractivity contribution in [2.45, 2.75) is 0 Å². The average molecular weight is 430 g/mol. The summed E-state index contributed by atoms with van der Waals surface area (Å²) in [5.74, 6) is 0. The SMILES string of the molecule is CN(C)CCOCCOCCOCCOCCNc1ccc([N+](=O)[O-])cc1[N+](=O)[O-]. The summed E-state index contributed by atoms with van der Waals surface area (Å²) in [7, 11) is 3.98. The minimum Gasteiger partial charge on any atom is -0.378 e. The third-order valence-electron chi connectivity index (χ3n) is 3.75. The number of ether oxygens (including phenoxy) is 4. The van der Waals surface area contributed by atoms with Gasteiger partial charge in [0.2, 0.25) is 0 Å². The van der Waals surface area contributed by atoms with Crippen molar-refractivity contribution >= 4 is 17.1 Å². The van der Waals surface area contributed by atoms with Gasteiger partial charge < -0.3 is 29.2 Å². The first kappa shape index (κ1) is 25.7. The Labute approximate surface area is 175 Å². The summed E-state index contributed by atoms with van der Waals surface area (Å²) in [6.45, 7) is 4.95. The van der Waals surface area contributed by atoms with Crippen molar-refractivity contribution in [1.29, 1.82) is 0 Å². The van der Waals surface area contributed by atoms with E-state index in [9.17, 15) is 20.2 Å². The van der Waals surface area contributed by atoms with Gasteiger partial charge in [-0.1, -0.05) is 0 Å². The lowest BCUT2D eigenvalue weighted by Crippen LogP contribution is -2.19. The van der Waals surface area contributed by atoms with Gasteiger partial charge in [-0.25, -0.2) is 0 Å². The lowest BCUT2D eigenvalue weighted by molar-refractivity contribution is -0.393. The number of hydrogen-bond acceptors (Lipinski definition) is 10. The molecule has 0 aromatic heterocycles. The van der Waals surface area contributed by atoms with Gasteiger partial charge in [0.25, 0.3) is 11.4 Å². The van der Waals surface area contributed by atoms with E-state index >= 15 is 0 Å². The van der Waals surface area contributed by atoms with Crippen LogP contribution in [-0.4, -0.2) is 94.8 Å². The van der Waals surface area contributed by atoms with Gasteiger partial charge in [-0.2, -0.15) is 0 Å². The second kappa shape index (κ2) is 15.5. The van der Waals surface area contributed by atoms with Crippen LogP contribution in [0.15, 0.2) is 18.2 Å². The number of nitrogens with one attached hydrogen (secondary N) is 1. The van der Waals surface area contributed by atoms with Crippen molar-refractivity contribution in [3.63, 3.8) is 0 Å². The first-order chi connectivity index (χ1) is 14.4. The van der Waals surface area contributed by atoms with Crippen molar-refractivity contribution in [2.75, 3.05) is 85.4 Å². The van der Waals surface area contributed by atoms with Gasteiger partial charge in [-0.3, -0.25) is 20.2 Å². The molecule has 0 heterocycles. The Kier molecular flexibility index (Phi) is 13.2. The highest BCUT2D eigenvalue weighted by Gasteiger charge is 2.18. The maximum absolute atomic E-state index is 11.0. The van der Waals surface area contributed by atoms with Crippen LogP contribution in [0.4, 0.5) is 17.1 Å². The molecule has 1 aromatic carbocycles. The molecule has 0 aliphatic rings. The topological polar surface area (TPSA) is 138 Å². The molecular weight excluding hydrogens is 400 g/mol. The van der Waals surface area contributed by atoms with Gasteiger partial charge >= 0.3 is 0 Å². The third kappa shape index (κ3) is 11.6. The Morgan fingerprint density at radius 3 is 1.87 bits per heavy atom. The molecule has 30 heavy (non-hydrogen) atoms. The Morgan fingerprint density at radius 2 is 1.37 bits per heavy atom. The van der Waals surface area contributed by atoms with Crippen molar-refractivity contribution in [3.05, 3.63) is 38.4 Å². The molecule has 0 aliphatic heterocycles. The van der Waals surface area contributed by atoms with Crippen LogP contribution in [0.5, 0.6) is 0 Å². The predicted octanol–water partition coefficient (Wildman–Crippen LogP) is 1.54. The van der Waals surface area contributed by atoms with E-state index in [2.05, 4.69) is 5.32 Å². The van der Waals surface area contributed by atoms with Crippen LogP contribution in [0.3, 0.4) is 0 Å². The molecular formula is C18H30N4O8. The van der Waals surface area contributed by atoms with Gasteiger partial charge in [0.1, 0.15) is 5.69 Å². The molecule has 0 atom stereocenters. The van der Waals surface area contributed by atoms with E-state index in [1.807, 2.05) is 19.0 Å². The summed E-state index contributed by atoms with van der Waals surface area (Å²) in [6, 6.07) is 3.45. The number of likely N-dealkylation sites (N-methyl/N-ethyl adjacent to an activating group) is 1. The van der Waals surface area contributed by atoms with Crippen LogP contribution in [0.2, 0.25) is 0 Å². The molecule has 1 N–H and O–H groups in total. The highest BCUT2D eigenvalue weighted by Crippen LogP contribution is 2.28. The molecule has 0 spiro atoms. The van der Waals surface area contributed by atoms with E-state index in [-0.39, 0.29) is 17.1 Å². The summed E-state index contributed by atoms with van der Waals surface area (Å²) in [5, 5.41) is 24.6. The van der Waals surface area contributed by atoms with Gasteiger partial charge in [0.05, 0.1) is 68.8 Å². The van der Waals surface area contributed by atoms with E-state index < -0.39 is 9.85 Å². The van der Waals surface area contributed by atoms with Crippen molar-refractivity contribution < 1.29 is 28.8 Å². The fourth-order valence-electron chi connectivity index (χ4n) is 2.20. The lowest BCUT2D eigenvalue weighted by atomic mass is 10.2. The van der Waals surface area contributed by atoms with Gasteiger partial charge in [-0.15, -0.1) is 0 Å². The van der Waals surface area contributed by atoms with E-state index in [1.165, 1.54) is 12.1 Å². The van der Waals surface area contributed by atoms with Gasteiger partial charge in [0, 0.05) is 19.2 Å². The van der Waals surface area contributed by atoms with E-state index in [0.717, 1.165) is 12.6 Å². The summed E-state index contributed by atoms with van der Waals surface area (Å²) < 4.78 is 21.5. The zero-order valence-corrected chi connectivity index (χ0v) is 17.4. The smallest absolute Gasteiger partial charge is 0.299 e. The molecule has 0 radical (unpaired) electrons. The number of hydrogen-bond donors (Lipinski definition) is 1. The monoisotopic (exact) mass is 430 g/mol. The molecule has 1 aromatic rings. The van der Waals surface area contributed by atoms with E-state index in [4.69, 9.17) is 18.9 Å². The molecule has 12 heteroatoms. The predicted molar refractivity (Wildman–Crippen MR) is 110 cm³/mol. The van der Waals surface area contributed by atoms with Crippen LogP contribution < -0.4 is 5.32 Å². The Hall–Kier alpha value is -2.38. The molecule has 0 fully saturated rings. The van der Waals surface area contributed by atoms with Crippen LogP contribution in [0.25, 0.3) is 0 Å². The molecule has 0 bridgehead atoms. The van der Waals surface area contributed by atoms with Crippen LogP contribution >= 0.6 is 0 Å². The second-order valence-corrected chi connectivity index (χ2v) is 6.40. The van der Waals surface area contributed by atoms with Crippen LogP contribution in [-0.2, 0) is 18.9 Å². The normalized spacial score (nSPS) is 11.0. The average Bonchev–Trinajstić information content (AvgIpc) is 2.70. The maximum atomic E-state index is 11.0. The summed E-state index contributed by atoms with van der Waals surface area (Å²) in [4.78, 5) is 22.5. The molecule has 0 amide bonds. The molecule has 1 rings (SSSR count). The second-order valence-electron chi connectivity index (χ2n) is 6.40. The fourth-order valence-corrected chi connectivity index (χ4v) is 2.20. The molecule has 170 valence electrons. The number of nitro groups is 2. The van der Waals surface area contributed by atoms with Crippen LogP contribution in [0.1, 0.15) is 0 Å². The minimum absolute atomic E-state index is 0.202. The first-order valence-electron chi connectivity index (χ1n) is 9.54. The Morgan fingerprint density at radius 1 is 0.833 bits per heavy atom. The zero-order valence-electron chi connectivity index (χ0n) is 17.4. The summed E-state index contributed by atoms with van der Waals surface area (Å²) in [6.07, 6.45) is 0. The highest BCUT2D eigenvalue weighted by molar-refractivity contribution is 5.65. The zero-order chi connectivity index (χ0) is 22.2. The maximum Gasteiger partial charge on any atom is 0.299 e. The van der Waals surface area contributed by atoms with Gasteiger partial charge in [-0.05, 0) is 20.2 Å². The first-order valence-corrected chi connectivity index (χ1v) is 9.54. The quantitative estimate of drug-likeness (QED) is 0.207. The summed E-state index contributed by atoms with van der Waals surface area (Å²) >= 11 is 0. The number of benzene rings is 1. The highest BCUT2D eigenvalue weighted by atomic mass is 16.6. The molecule has 0 aliphatic carbocycles. The fraction of sp³-hybridized carbons (Fsp3) is 0.667. The number of non-ortho nitro benzene ring substituents is 1. The number of rotatable bonds is 18. The van der Waals surface area contributed by atoms with E-state index in [1.54, 1.807) is 0 Å². The van der Waals surface area contributed by atoms with Crippen LogP contribution in [0, 0.1) is 20.2 Å². The van der Waals surface area contributed by atoms with E-state index in [0.29, 0.717) is 59.4 Å². The van der Waals surface area contributed by atoms with Gasteiger partial charge in [0.15, 0.2) is 0 Å². The lowest BCUT2D eigenvalue weighted by Gasteiger charge is -2.10. The number of nitrogens with zero attached hydrogens (tertiary/aromatic N) is 3. The minimum atomic E-state index is -0.675. The number of anilines is 1. The molecule has 12 nitrogen and oxygen atoms in total.